The fraction of sp³-hybridized carbons (Fsp3) is 0.419. The molecule has 2 aliphatic carbocycles. The highest BCUT2D eigenvalue weighted by atomic mass is 28.4. The van der Waals surface area contributed by atoms with Crippen molar-refractivity contribution in [2.75, 3.05) is 0 Å². The summed E-state index contributed by atoms with van der Waals surface area (Å²) >= 11 is 0. The monoisotopic (exact) mass is 532 g/mol. The molecule has 2 aromatic rings. The van der Waals surface area contributed by atoms with Crippen LogP contribution in [0.4, 0.5) is 0 Å². The average Bonchev–Trinajstić information content (AvgIpc) is 2.94. The lowest BCUT2D eigenvalue weighted by Gasteiger charge is -2.38. The molecule has 0 bridgehead atoms. The van der Waals surface area contributed by atoms with Crippen LogP contribution in [0.15, 0.2) is 53.6 Å². The Hall–Kier alpha value is -2.71. The lowest BCUT2D eigenvalue weighted by Crippen LogP contribution is -2.39. The zero-order valence-corrected chi connectivity index (χ0v) is 25.4. The van der Waals surface area contributed by atoms with E-state index >= 15 is 0 Å². The molecule has 0 radical (unpaired) electrons. The first-order valence-electron chi connectivity index (χ1n) is 13.9. The van der Waals surface area contributed by atoms with Crippen LogP contribution in [0.25, 0.3) is 11.5 Å². The molecule has 0 fully saturated rings. The summed E-state index contributed by atoms with van der Waals surface area (Å²) in [5, 5.41) is 0. The summed E-state index contributed by atoms with van der Waals surface area (Å²) in [5.41, 5.74) is 4.45. The van der Waals surface area contributed by atoms with Crippen LogP contribution in [0.1, 0.15) is 78.9 Å². The largest absolute Gasteiger partial charge is 0.543 e. The Morgan fingerprint density at radius 2 is 0.973 bits per heavy atom. The van der Waals surface area contributed by atoms with Crippen LogP contribution in [0.2, 0.25) is 36.3 Å². The van der Waals surface area contributed by atoms with Gasteiger partial charge in [-0.1, -0.05) is 83.5 Å². The summed E-state index contributed by atoms with van der Waals surface area (Å²) in [5.74, 6) is 0.883. The lowest BCUT2D eigenvalue weighted by molar-refractivity contribution is 0.0988. The molecule has 0 heterocycles. The van der Waals surface area contributed by atoms with Gasteiger partial charge in [0.15, 0.2) is 11.6 Å². The number of carbonyl (C=O) groups excluding carboxylic acids is 2. The van der Waals surface area contributed by atoms with Crippen LogP contribution < -0.4 is 0 Å². The quantitative estimate of drug-likeness (QED) is 0.288. The van der Waals surface area contributed by atoms with Gasteiger partial charge in [-0.05, 0) is 49.3 Å². The van der Waals surface area contributed by atoms with E-state index in [0.717, 1.165) is 53.0 Å². The van der Waals surface area contributed by atoms with Crippen LogP contribution >= 0.6 is 0 Å². The Kier molecular flexibility index (Phi) is 7.81. The zero-order valence-electron chi connectivity index (χ0n) is 23.4. The normalized spacial score (nSPS) is 15.4. The maximum Gasteiger partial charge on any atom is 0.250 e. The number of aryl methyl sites for hydroxylation is 1. The third kappa shape index (κ3) is 4.48. The topological polar surface area (TPSA) is 52.6 Å². The second-order valence-corrected chi connectivity index (χ2v) is 19.7. The maximum absolute atomic E-state index is 14.3. The van der Waals surface area contributed by atoms with E-state index in [2.05, 4.69) is 41.5 Å². The molecule has 0 atom stereocenters. The summed E-state index contributed by atoms with van der Waals surface area (Å²) in [6, 6.07) is 19.1. The van der Waals surface area contributed by atoms with E-state index in [0.29, 0.717) is 33.8 Å². The molecular formula is C31H40O4Si2. The molecule has 0 unspecified atom stereocenters. The second kappa shape index (κ2) is 10.6. The van der Waals surface area contributed by atoms with Gasteiger partial charge in [0, 0.05) is 22.3 Å². The number of benzene rings is 2. The van der Waals surface area contributed by atoms with Gasteiger partial charge in [0.1, 0.15) is 11.5 Å². The van der Waals surface area contributed by atoms with Crippen LogP contribution in [0, 0.1) is 6.92 Å². The van der Waals surface area contributed by atoms with E-state index in [1.807, 2.05) is 49.4 Å². The second-order valence-electron chi connectivity index (χ2n) is 10.4. The van der Waals surface area contributed by atoms with Gasteiger partial charge in [0.2, 0.25) is 0 Å². The molecule has 2 aliphatic rings. The summed E-state index contributed by atoms with van der Waals surface area (Å²) in [6.45, 7) is 15.1. The van der Waals surface area contributed by atoms with E-state index in [1.54, 1.807) is 0 Å². The molecule has 0 amide bonds. The first kappa shape index (κ1) is 27.3. The molecule has 4 rings (SSSR count). The van der Waals surface area contributed by atoms with Crippen LogP contribution in [0.3, 0.4) is 0 Å². The van der Waals surface area contributed by atoms with Crippen molar-refractivity contribution < 1.29 is 18.4 Å². The number of Topliss-reactive ketones (excluding diaryl/α,β-unsaturated/α-hetero) is 2. The molecule has 2 aromatic carbocycles. The summed E-state index contributed by atoms with van der Waals surface area (Å²) in [4.78, 5) is 28.5. The molecule has 0 aliphatic heterocycles. The van der Waals surface area contributed by atoms with Crippen molar-refractivity contribution in [1.29, 1.82) is 0 Å². The molecule has 0 aromatic heterocycles. The van der Waals surface area contributed by atoms with Crippen LogP contribution in [0.5, 0.6) is 0 Å². The van der Waals surface area contributed by atoms with Gasteiger partial charge in [0.05, 0.1) is 11.1 Å². The minimum atomic E-state index is -2.17. The fourth-order valence-corrected chi connectivity index (χ4v) is 10.9. The number of hydrogen-bond donors (Lipinski definition) is 0. The van der Waals surface area contributed by atoms with Crippen molar-refractivity contribution in [2.45, 2.75) is 84.7 Å². The molecule has 37 heavy (non-hydrogen) atoms. The third-order valence-corrected chi connectivity index (χ3v) is 17.7. The number of allylic oxidation sites excluding steroid dienone is 2. The van der Waals surface area contributed by atoms with Gasteiger partial charge >= 0.3 is 0 Å². The van der Waals surface area contributed by atoms with Crippen molar-refractivity contribution in [3.8, 4) is 0 Å². The standard InChI is InChI=1S/C31H40O4Si2/c1-8-36(9-2,10-3)34-30-23-17-15-14-16-22(23)28(32)26-27(30)29(33)25-20-21(7)18-19-24(25)31(26)35-37(11-4,12-5)13-6/h14-20H,8-13H2,1-7H3. The summed E-state index contributed by atoms with van der Waals surface area (Å²) in [7, 11) is -4.34. The smallest absolute Gasteiger partial charge is 0.250 e. The van der Waals surface area contributed by atoms with E-state index in [9.17, 15) is 9.59 Å². The van der Waals surface area contributed by atoms with Gasteiger partial charge in [-0.15, -0.1) is 0 Å². The molecular weight excluding hydrogens is 493 g/mol. The van der Waals surface area contributed by atoms with E-state index in [1.165, 1.54) is 0 Å². The first-order chi connectivity index (χ1) is 17.7. The highest BCUT2D eigenvalue weighted by molar-refractivity contribution is 6.75. The van der Waals surface area contributed by atoms with E-state index in [-0.39, 0.29) is 11.6 Å². The first-order valence-corrected chi connectivity index (χ1v) is 19.0. The maximum atomic E-state index is 14.3. The molecule has 196 valence electrons. The van der Waals surface area contributed by atoms with Gasteiger partial charge in [-0.2, -0.15) is 0 Å². The van der Waals surface area contributed by atoms with E-state index < -0.39 is 16.6 Å². The minimum Gasteiger partial charge on any atom is -0.543 e. The Balaban J connectivity index is 2.12. The minimum absolute atomic E-state index is 0.137. The fourth-order valence-electron chi connectivity index (χ4n) is 5.70. The van der Waals surface area contributed by atoms with E-state index in [4.69, 9.17) is 8.85 Å². The summed E-state index contributed by atoms with van der Waals surface area (Å²) in [6.07, 6.45) is 0. The molecule has 0 N–H and O–H groups in total. The average molecular weight is 533 g/mol. The third-order valence-electron chi connectivity index (χ3n) is 8.74. The highest BCUT2D eigenvalue weighted by Crippen LogP contribution is 2.47. The van der Waals surface area contributed by atoms with Gasteiger partial charge in [0.25, 0.3) is 16.6 Å². The molecule has 0 spiro atoms. The summed E-state index contributed by atoms with van der Waals surface area (Å²) < 4.78 is 14.0. The molecule has 0 saturated carbocycles. The van der Waals surface area contributed by atoms with Gasteiger partial charge in [-0.25, -0.2) is 0 Å². The Morgan fingerprint density at radius 3 is 1.43 bits per heavy atom. The van der Waals surface area contributed by atoms with Crippen molar-refractivity contribution in [1.82, 2.24) is 0 Å². The highest BCUT2D eigenvalue weighted by Gasteiger charge is 2.46. The Labute approximate surface area is 224 Å². The van der Waals surface area contributed by atoms with Crippen LogP contribution in [-0.4, -0.2) is 28.2 Å². The van der Waals surface area contributed by atoms with Gasteiger partial charge < -0.3 is 8.85 Å². The van der Waals surface area contributed by atoms with Crippen molar-refractivity contribution in [3.05, 3.63) is 81.4 Å². The number of fused-ring (bicyclic) bond motifs is 3. The SMILES string of the molecule is CC[Si](CC)(CC)OC1=C2C(=O)c3cc(C)ccc3C(O[Si](CC)(CC)CC)=C2C(=O)c2ccccc21. The number of ketones is 2. The van der Waals surface area contributed by atoms with Crippen molar-refractivity contribution in [2.24, 2.45) is 0 Å². The molecule has 0 saturated heterocycles. The Bertz CT molecular complexity index is 1280. The van der Waals surface area contributed by atoms with Crippen LogP contribution in [-0.2, 0) is 8.85 Å². The predicted molar refractivity (Wildman–Crippen MR) is 157 cm³/mol. The lowest BCUT2D eigenvalue weighted by atomic mass is 9.76. The Morgan fingerprint density at radius 1 is 0.568 bits per heavy atom. The predicted octanol–water partition coefficient (Wildman–Crippen LogP) is 8.55. The molecule has 6 heteroatoms. The number of rotatable bonds is 10. The van der Waals surface area contributed by atoms with Crippen molar-refractivity contribution >= 4 is 39.7 Å². The number of hydrogen-bond acceptors (Lipinski definition) is 4. The number of carbonyl (C=O) groups is 2. The van der Waals surface area contributed by atoms with Gasteiger partial charge in [-0.3, -0.25) is 9.59 Å². The van der Waals surface area contributed by atoms with Crippen molar-refractivity contribution in [3.63, 3.8) is 0 Å². The molecule has 4 nitrogen and oxygen atoms in total. The zero-order chi connectivity index (χ0) is 27.0.